The summed E-state index contributed by atoms with van der Waals surface area (Å²) in [5.74, 6) is 0.788. The zero-order chi connectivity index (χ0) is 15.4. The topological polar surface area (TPSA) is 40.6 Å². The minimum atomic E-state index is -0.398. The Balaban J connectivity index is 1.58. The molecule has 2 fully saturated rings. The van der Waals surface area contributed by atoms with Crippen molar-refractivity contribution in [1.29, 1.82) is 0 Å². The molecule has 3 aliphatic rings. The summed E-state index contributed by atoms with van der Waals surface area (Å²) in [6.45, 7) is 0.506. The van der Waals surface area contributed by atoms with Gasteiger partial charge in [-0.15, -0.1) is 0 Å². The number of rotatable bonds is 5. The third-order valence-corrected chi connectivity index (χ3v) is 5.51. The molecule has 4 nitrogen and oxygen atoms in total. The molecule has 0 spiro atoms. The summed E-state index contributed by atoms with van der Waals surface area (Å²) >= 11 is 3.43. The third-order valence-electron chi connectivity index (χ3n) is 5.02. The van der Waals surface area contributed by atoms with E-state index in [-0.39, 0.29) is 5.78 Å². The van der Waals surface area contributed by atoms with Gasteiger partial charge in [-0.1, -0.05) is 15.9 Å². The van der Waals surface area contributed by atoms with Crippen molar-refractivity contribution >= 4 is 33.3 Å². The second-order valence-electron chi connectivity index (χ2n) is 6.79. The van der Waals surface area contributed by atoms with E-state index < -0.39 is 5.91 Å². The second kappa shape index (κ2) is 5.17. The number of halogens is 1. The molecule has 2 aliphatic carbocycles. The van der Waals surface area contributed by atoms with Gasteiger partial charge in [0.05, 0.1) is 17.9 Å². The second-order valence-corrected chi connectivity index (χ2v) is 7.70. The maximum atomic E-state index is 12.3. The molecule has 0 aromatic heterocycles. The van der Waals surface area contributed by atoms with Gasteiger partial charge in [0.1, 0.15) is 0 Å². The molecule has 2 saturated carbocycles. The van der Waals surface area contributed by atoms with Crippen molar-refractivity contribution in [3.63, 3.8) is 0 Å². The van der Waals surface area contributed by atoms with Crippen molar-refractivity contribution in [2.75, 3.05) is 18.6 Å². The first-order chi connectivity index (χ1) is 10.6. The summed E-state index contributed by atoms with van der Waals surface area (Å²) in [5, 5.41) is 0. The van der Waals surface area contributed by atoms with Gasteiger partial charge >= 0.3 is 5.91 Å². The first-order valence-electron chi connectivity index (χ1n) is 7.92. The summed E-state index contributed by atoms with van der Waals surface area (Å²) in [7, 11) is 2.09. The number of anilines is 1. The van der Waals surface area contributed by atoms with Gasteiger partial charge in [0, 0.05) is 10.5 Å². The van der Waals surface area contributed by atoms with Crippen molar-refractivity contribution in [3.8, 4) is 0 Å². The molecule has 1 heterocycles. The van der Waals surface area contributed by atoms with Gasteiger partial charge in [0.15, 0.2) is 0 Å². The van der Waals surface area contributed by atoms with Crippen LogP contribution in [0.5, 0.6) is 0 Å². The van der Waals surface area contributed by atoms with E-state index in [1.807, 2.05) is 12.1 Å². The first-order valence-corrected chi connectivity index (χ1v) is 8.71. The number of hydrogen-bond donors (Lipinski definition) is 0. The molecule has 116 valence electrons. The van der Waals surface area contributed by atoms with Gasteiger partial charge in [-0.25, -0.2) is 0 Å². The van der Waals surface area contributed by atoms with Crippen LogP contribution < -0.4 is 4.90 Å². The van der Waals surface area contributed by atoms with E-state index in [1.165, 1.54) is 25.7 Å². The fourth-order valence-corrected chi connectivity index (χ4v) is 4.05. The van der Waals surface area contributed by atoms with Crippen LogP contribution in [0, 0.1) is 11.8 Å². The van der Waals surface area contributed by atoms with E-state index in [4.69, 9.17) is 0 Å². The van der Waals surface area contributed by atoms with E-state index in [2.05, 4.69) is 27.9 Å². The number of carbonyl (C=O) groups is 2. The zero-order valence-electron chi connectivity index (χ0n) is 12.6. The van der Waals surface area contributed by atoms with Crippen LogP contribution >= 0.6 is 15.9 Å². The lowest BCUT2D eigenvalue weighted by atomic mass is 10.1. The van der Waals surface area contributed by atoms with Crippen molar-refractivity contribution in [2.45, 2.75) is 31.7 Å². The highest BCUT2D eigenvalue weighted by atomic mass is 79.9. The lowest BCUT2D eigenvalue weighted by molar-refractivity contribution is -0.114. The molecule has 4 rings (SSSR count). The number of nitrogens with zero attached hydrogens (tertiary/aromatic N) is 2. The van der Waals surface area contributed by atoms with Gasteiger partial charge < -0.3 is 0 Å². The van der Waals surface area contributed by atoms with Crippen molar-refractivity contribution in [1.82, 2.24) is 4.90 Å². The van der Waals surface area contributed by atoms with Crippen molar-refractivity contribution < 1.29 is 9.59 Å². The number of amides is 1. The van der Waals surface area contributed by atoms with Gasteiger partial charge in [-0.2, -0.15) is 0 Å². The van der Waals surface area contributed by atoms with Crippen molar-refractivity contribution in [2.24, 2.45) is 11.8 Å². The Hall–Kier alpha value is -1.20. The third kappa shape index (κ3) is 2.40. The Morgan fingerprint density at radius 1 is 1.23 bits per heavy atom. The minimum Gasteiger partial charge on any atom is -0.291 e. The maximum Gasteiger partial charge on any atom is 0.300 e. The van der Waals surface area contributed by atoms with Crippen LogP contribution in [0.3, 0.4) is 0 Å². The van der Waals surface area contributed by atoms with Gasteiger partial charge in [0.25, 0.3) is 5.78 Å². The average molecular weight is 363 g/mol. The molecule has 1 aromatic carbocycles. The predicted octanol–water partition coefficient (Wildman–Crippen LogP) is 3.06. The highest BCUT2D eigenvalue weighted by molar-refractivity contribution is 9.10. The fourth-order valence-electron chi connectivity index (χ4n) is 3.71. The number of hydrogen-bond acceptors (Lipinski definition) is 3. The van der Waals surface area contributed by atoms with E-state index in [1.54, 1.807) is 11.0 Å². The summed E-state index contributed by atoms with van der Waals surface area (Å²) in [4.78, 5) is 28.4. The Kier molecular flexibility index (Phi) is 3.38. The highest BCUT2D eigenvalue weighted by Gasteiger charge is 2.45. The van der Waals surface area contributed by atoms with E-state index in [0.717, 1.165) is 22.0 Å². The Morgan fingerprint density at radius 2 is 1.86 bits per heavy atom. The largest absolute Gasteiger partial charge is 0.300 e. The van der Waals surface area contributed by atoms with Crippen LogP contribution in [0.15, 0.2) is 22.7 Å². The molecular formula is C17H19BrN2O2. The summed E-state index contributed by atoms with van der Waals surface area (Å²) in [6, 6.07) is 5.99. The van der Waals surface area contributed by atoms with Crippen LogP contribution in [0.2, 0.25) is 0 Å². The van der Waals surface area contributed by atoms with Crippen LogP contribution in [-0.2, 0) is 4.79 Å². The van der Waals surface area contributed by atoms with Crippen molar-refractivity contribution in [3.05, 3.63) is 28.2 Å². The predicted molar refractivity (Wildman–Crippen MR) is 87.8 cm³/mol. The molecule has 0 radical (unpaired) electrons. The summed E-state index contributed by atoms with van der Waals surface area (Å²) in [5.41, 5.74) is 1.26. The average Bonchev–Trinajstić information content (AvgIpc) is 3.38. The number of carbonyl (C=O) groups excluding carboxylic acids is 2. The molecule has 22 heavy (non-hydrogen) atoms. The quantitative estimate of drug-likeness (QED) is 0.755. The lowest BCUT2D eigenvalue weighted by Crippen LogP contribution is -2.45. The minimum absolute atomic E-state index is 0.384. The van der Waals surface area contributed by atoms with E-state index >= 15 is 0 Å². The zero-order valence-corrected chi connectivity index (χ0v) is 14.2. The molecule has 1 aliphatic heterocycles. The normalized spacial score (nSPS) is 21.2. The molecule has 1 aromatic rings. The van der Waals surface area contributed by atoms with Crippen LogP contribution in [0.4, 0.5) is 5.69 Å². The molecule has 0 atom stereocenters. The molecule has 1 amide bonds. The Morgan fingerprint density at radius 3 is 2.45 bits per heavy atom. The first kappa shape index (κ1) is 14.4. The molecular weight excluding hydrogens is 344 g/mol. The molecule has 5 heteroatoms. The highest BCUT2D eigenvalue weighted by Crippen LogP contribution is 2.47. The monoisotopic (exact) mass is 362 g/mol. The molecule has 0 unspecified atom stereocenters. The summed E-state index contributed by atoms with van der Waals surface area (Å²) in [6.07, 6.45) is 5.22. The number of fused-ring (bicyclic) bond motifs is 1. The molecule has 0 N–H and O–H groups in total. The fraction of sp³-hybridized carbons (Fsp3) is 0.529. The van der Waals surface area contributed by atoms with Crippen LogP contribution in [-0.4, -0.2) is 36.3 Å². The smallest absolute Gasteiger partial charge is 0.291 e. The molecule has 0 saturated heterocycles. The number of ketones is 1. The summed E-state index contributed by atoms with van der Waals surface area (Å²) < 4.78 is 0.891. The lowest BCUT2D eigenvalue weighted by Gasteiger charge is -2.32. The molecule has 0 bridgehead atoms. The maximum absolute atomic E-state index is 12.3. The van der Waals surface area contributed by atoms with Crippen LogP contribution in [0.1, 0.15) is 36.0 Å². The van der Waals surface area contributed by atoms with E-state index in [9.17, 15) is 9.59 Å². The van der Waals surface area contributed by atoms with Crippen LogP contribution in [0.25, 0.3) is 0 Å². The standard InChI is InChI=1S/C17H19BrN2O2/c1-19(15(10-2-3-10)11-4-5-11)9-20-14-8-12(18)6-7-13(14)16(21)17(20)22/h6-8,10-11,15H,2-5,9H2,1H3. The SMILES string of the molecule is CN(CN1C(=O)C(=O)c2ccc(Br)cc21)C(C1CC1)C1CC1. The van der Waals surface area contributed by atoms with E-state index in [0.29, 0.717) is 18.3 Å². The number of benzene rings is 1. The Labute approximate surface area is 138 Å². The van der Waals surface area contributed by atoms with Gasteiger partial charge in [-0.05, 0) is 62.8 Å². The van der Waals surface area contributed by atoms with Gasteiger partial charge in [-0.3, -0.25) is 19.4 Å². The van der Waals surface area contributed by atoms with Gasteiger partial charge in [0.2, 0.25) is 0 Å². The Bertz CT molecular complexity index is 640. The number of Topliss-reactive ketones (excluding diaryl/α,β-unsaturated/α-hetero) is 1.